The third kappa shape index (κ3) is 2.98. The largest absolute Gasteiger partial charge is 0.319 e. The van der Waals surface area contributed by atoms with Crippen LogP contribution in [0.15, 0.2) is 55.1 Å². The van der Waals surface area contributed by atoms with E-state index in [1.54, 1.807) is 48.4 Å². The molecule has 1 aromatic carbocycles. The maximum atomic E-state index is 12.5. The van der Waals surface area contributed by atoms with Crippen LogP contribution >= 0.6 is 0 Å². The smallest absolute Gasteiger partial charge is 0.282 e. The quantitative estimate of drug-likeness (QED) is 0.587. The minimum absolute atomic E-state index is 0.00438. The van der Waals surface area contributed by atoms with Crippen molar-refractivity contribution in [2.24, 2.45) is 0 Å². The van der Waals surface area contributed by atoms with Gasteiger partial charge in [-0.1, -0.05) is 6.07 Å². The van der Waals surface area contributed by atoms with Gasteiger partial charge in [-0.15, -0.1) is 0 Å². The predicted octanol–water partition coefficient (Wildman–Crippen LogP) is 2.74. The van der Waals surface area contributed by atoms with Crippen molar-refractivity contribution < 1.29 is 9.72 Å². The summed E-state index contributed by atoms with van der Waals surface area (Å²) in [6.45, 7) is 1.76. The number of pyridine rings is 1. The number of nitrogens with one attached hydrogen (secondary N) is 1. The summed E-state index contributed by atoms with van der Waals surface area (Å²) < 4.78 is 1.57. The van der Waals surface area contributed by atoms with Crippen LogP contribution < -0.4 is 5.32 Å². The second-order valence-corrected chi connectivity index (χ2v) is 5.08. The molecule has 0 saturated carbocycles. The molecule has 3 rings (SSSR count). The number of rotatable bonds is 4. The Hall–Kier alpha value is -3.55. The molecule has 0 radical (unpaired) electrons. The molecule has 120 valence electrons. The van der Waals surface area contributed by atoms with E-state index in [9.17, 15) is 14.9 Å². The number of nitro groups is 1. The Morgan fingerprint density at radius 2 is 2.12 bits per heavy atom. The molecule has 0 aliphatic carbocycles. The van der Waals surface area contributed by atoms with Crippen LogP contribution in [0.2, 0.25) is 0 Å². The Morgan fingerprint density at radius 3 is 2.83 bits per heavy atom. The van der Waals surface area contributed by atoms with Gasteiger partial charge in [0.1, 0.15) is 5.56 Å². The second kappa shape index (κ2) is 6.29. The Bertz CT molecular complexity index is 906. The fraction of sp³-hybridized carbons (Fsp3) is 0.0625. The fourth-order valence-electron chi connectivity index (χ4n) is 2.28. The number of amides is 1. The monoisotopic (exact) mass is 323 g/mol. The lowest BCUT2D eigenvalue weighted by atomic mass is 10.1. The number of nitrogens with zero attached hydrogens (tertiary/aromatic N) is 4. The molecule has 0 fully saturated rings. The minimum Gasteiger partial charge on any atom is -0.319 e. The number of carbonyl (C=O) groups is 1. The van der Waals surface area contributed by atoms with Crippen LogP contribution in [0.3, 0.4) is 0 Å². The number of carbonyl (C=O) groups excluding carboxylic acids is 1. The van der Waals surface area contributed by atoms with E-state index in [4.69, 9.17) is 0 Å². The molecule has 1 amide bonds. The summed E-state index contributed by atoms with van der Waals surface area (Å²) in [6, 6.07) is 7.83. The zero-order chi connectivity index (χ0) is 17.1. The normalized spacial score (nSPS) is 10.4. The molecule has 3 aromatic rings. The molecular weight excluding hydrogens is 310 g/mol. The van der Waals surface area contributed by atoms with Gasteiger partial charge in [0.15, 0.2) is 0 Å². The average Bonchev–Trinajstić information content (AvgIpc) is 3.09. The molecule has 0 aliphatic heterocycles. The van der Waals surface area contributed by atoms with Gasteiger partial charge >= 0.3 is 0 Å². The highest BCUT2D eigenvalue weighted by molar-refractivity contribution is 6.07. The summed E-state index contributed by atoms with van der Waals surface area (Å²) in [7, 11) is 0. The van der Waals surface area contributed by atoms with Gasteiger partial charge in [0.05, 0.1) is 22.5 Å². The Labute approximate surface area is 136 Å². The molecule has 0 aliphatic rings. The first-order valence-corrected chi connectivity index (χ1v) is 7.06. The van der Waals surface area contributed by atoms with Gasteiger partial charge in [-0.3, -0.25) is 19.9 Å². The number of anilines is 1. The summed E-state index contributed by atoms with van der Waals surface area (Å²) in [4.78, 5) is 27.1. The number of hydrogen-bond donors (Lipinski definition) is 1. The summed E-state index contributed by atoms with van der Waals surface area (Å²) in [5, 5.41) is 17.9. The highest BCUT2D eigenvalue weighted by Crippen LogP contribution is 2.23. The number of aromatic nitrogens is 3. The molecule has 24 heavy (non-hydrogen) atoms. The van der Waals surface area contributed by atoms with Gasteiger partial charge < -0.3 is 5.32 Å². The van der Waals surface area contributed by atoms with Gasteiger partial charge in [0, 0.05) is 24.7 Å². The highest BCUT2D eigenvalue weighted by Gasteiger charge is 2.21. The van der Waals surface area contributed by atoms with Crippen LogP contribution in [0, 0.1) is 17.0 Å². The van der Waals surface area contributed by atoms with Crippen molar-refractivity contribution >= 4 is 17.3 Å². The van der Waals surface area contributed by atoms with Gasteiger partial charge in [-0.2, -0.15) is 5.10 Å². The van der Waals surface area contributed by atoms with E-state index in [1.807, 2.05) is 0 Å². The first kappa shape index (κ1) is 15.3. The third-order valence-corrected chi connectivity index (χ3v) is 3.39. The molecule has 8 nitrogen and oxygen atoms in total. The van der Waals surface area contributed by atoms with Crippen molar-refractivity contribution in [3.05, 3.63) is 76.4 Å². The SMILES string of the molecule is Cc1ccc([N+](=O)[O-])c(C(=O)Nc2cnccc2-n2cccn2)c1. The topological polar surface area (TPSA) is 103 Å². The third-order valence-electron chi connectivity index (χ3n) is 3.39. The summed E-state index contributed by atoms with van der Waals surface area (Å²) >= 11 is 0. The molecule has 8 heteroatoms. The lowest BCUT2D eigenvalue weighted by molar-refractivity contribution is -0.385. The minimum atomic E-state index is -0.577. The predicted molar refractivity (Wildman–Crippen MR) is 87.1 cm³/mol. The number of hydrogen-bond acceptors (Lipinski definition) is 5. The molecular formula is C16H13N5O3. The summed E-state index contributed by atoms with van der Waals surface area (Å²) in [5.74, 6) is -0.577. The van der Waals surface area contributed by atoms with Crippen LogP contribution in [0.25, 0.3) is 5.69 Å². The Balaban J connectivity index is 1.98. The van der Waals surface area contributed by atoms with Crippen molar-refractivity contribution in [1.82, 2.24) is 14.8 Å². The zero-order valence-electron chi connectivity index (χ0n) is 12.7. The van der Waals surface area contributed by atoms with E-state index in [2.05, 4.69) is 15.4 Å². The first-order chi connectivity index (χ1) is 11.6. The maximum absolute atomic E-state index is 12.5. The zero-order valence-corrected chi connectivity index (χ0v) is 12.7. The molecule has 0 spiro atoms. The van der Waals surface area contributed by atoms with Crippen LogP contribution in [-0.4, -0.2) is 25.6 Å². The second-order valence-electron chi connectivity index (χ2n) is 5.08. The van der Waals surface area contributed by atoms with Gasteiger partial charge in [-0.25, -0.2) is 4.68 Å². The molecule has 0 atom stereocenters. The van der Waals surface area contributed by atoms with E-state index in [1.165, 1.54) is 18.3 Å². The highest BCUT2D eigenvalue weighted by atomic mass is 16.6. The van der Waals surface area contributed by atoms with Crippen LogP contribution in [0.4, 0.5) is 11.4 Å². The molecule has 0 bridgehead atoms. The Kier molecular flexibility index (Phi) is 4.02. The molecule has 2 heterocycles. The van der Waals surface area contributed by atoms with Crippen LogP contribution in [0.5, 0.6) is 0 Å². The van der Waals surface area contributed by atoms with Crippen molar-refractivity contribution in [3.8, 4) is 5.69 Å². The van der Waals surface area contributed by atoms with E-state index in [0.717, 1.165) is 5.56 Å². The molecule has 1 N–H and O–H groups in total. The average molecular weight is 323 g/mol. The molecule has 0 unspecified atom stereocenters. The van der Waals surface area contributed by atoms with Crippen molar-refractivity contribution in [3.63, 3.8) is 0 Å². The van der Waals surface area contributed by atoms with E-state index in [0.29, 0.717) is 11.4 Å². The lowest BCUT2D eigenvalue weighted by Gasteiger charge is -2.11. The maximum Gasteiger partial charge on any atom is 0.282 e. The molecule has 2 aromatic heterocycles. The van der Waals surface area contributed by atoms with E-state index < -0.39 is 10.8 Å². The number of benzene rings is 1. The van der Waals surface area contributed by atoms with E-state index >= 15 is 0 Å². The van der Waals surface area contributed by atoms with Gasteiger partial charge in [0.2, 0.25) is 0 Å². The van der Waals surface area contributed by atoms with Crippen LogP contribution in [0.1, 0.15) is 15.9 Å². The lowest BCUT2D eigenvalue weighted by Crippen LogP contribution is -2.16. The summed E-state index contributed by atoms with van der Waals surface area (Å²) in [6.07, 6.45) is 6.37. The van der Waals surface area contributed by atoms with Crippen molar-refractivity contribution in [1.29, 1.82) is 0 Å². The van der Waals surface area contributed by atoms with Gasteiger partial charge in [0.25, 0.3) is 11.6 Å². The molecule has 0 saturated heterocycles. The first-order valence-electron chi connectivity index (χ1n) is 7.06. The Morgan fingerprint density at radius 1 is 1.29 bits per heavy atom. The van der Waals surface area contributed by atoms with Crippen molar-refractivity contribution in [2.45, 2.75) is 6.92 Å². The standard InChI is InChI=1S/C16H13N5O3/c1-11-3-4-14(21(23)24)12(9-11)16(22)19-13-10-17-7-5-15(13)20-8-2-6-18-20/h2-10H,1H3,(H,19,22). The summed E-state index contributed by atoms with van der Waals surface area (Å²) in [5.41, 5.74) is 1.52. The van der Waals surface area contributed by atoms with Crippen molar-refractivity contribution in [2.75, 3.05) is 5.32 Å². The number of aryl methyl sites for hydroxylation is 1. The number of nitro benzene ring substituents is 1. The van der Waals surface area contributed by atoms with Crippen LogP contribution in [-0.2, 0) is 0 Å². The fourth-order valence-corrected chi connectivity index (χ4v) is 2.28. The van der Waals surface area contributed by atoms with E-state index in [-0.39, 0.29) is 11.3 Å². The van der Waals surface area contributed by atoms with Gasteiger partial charge in [-0.05, 0) is 30.7 Å².